The molecule has 0 spiro atoms. The van der Waals surface area contributed by atoms with Gasteiger partial charge >= 0.3 is 0 Å². The molecule has 2 aliphatic heterocycles. The van der Waals surface area contributed by atoms with Crippen molar-refractivity contribution in [3.05, 3.63) is 0 Å². The molecule has 23 heavy (non-hydrogen) atoms. The summed E-state index contributed by atoms with van der Waals surface area (Å²) in [6.45, 7) is 4.23. The lowest BCUT2D eigenvalue weighted by molar-refractivity contribution is -0.00813. The second-order valence-corrected chi connectivity index (χ2v) is 8.32. The van der Waals surface area contributed by atoms with Crippen LogP contribution in [0, 0.1) is 11.8 Å². The van der Waals surface area contributed by atoms with Gasteiger partial charge in [0.2, 0.25) is 0 Å². The first-order valence-electron chi connectivity index (χ1n) is 10.2. The molecule has 0 aromatic rings. The third-order valence-electron chi connectivity index (χ3n) is 7.19. The normalized spacial score (nSPS) is 48.0. The molecule has 2 heterocycles. The van der Waals surface area contributed by atoms with Gasteiger partial charge in [-0.05, 0) is 57.8 Å². The number of rotatable bonds is 3. The quantitative estimate of drug-likeness (QED) is 0.838. The molecule has 4 aliphatic rings. The first-order valence-corrected chi connectivity index (χ1v) is 10.2. The smallest absolute Gasteiger partial charge is 0.0646 e. The minimum Gasteiger partial charge on any atom is -0.379 e. The number of nitrogens with zero attached hydrogens (tertiary/aromatic N) is 1. The van der Waals surface area contributed by atoms with Crippen LogP contribution in [0.3, 0.4) is 0 Å². The topological polar surface area (TPSA) is 50.5 Å². The van der Waals surface area contributed by atoms with E-state index >= 15 is 0 Å². The molecule has 132 valence electrons. The maximum atomic E-state index is 6.74. The molecule has 4 rings (SSSR count). The zero-order valence-corrected chi connectivity index (χ0v) is 14.8. The number of ether oxygens (including phenoxy) is 1. The van der Waals surface area contributed by atoms with E-state index in [1.807, 2.05) is 0 Å². The maximum Gasteiger partial charge on any atom is 0.0646 e. The van der Waals surface area contributed by atoms with Crippen LogP contribution in [0.15, 0.2) is 0 Å². The van der Waals surface area contributed by atoms with Crippen molar-refractivity contribution in [2.24, 2.45) is 17.6 Å². The van der Waals surface area contributed by atoms with Crippen molar-refractivity contribution < 1.29 is 4.74 Å². The van der Waals surface area contributed by atoms with Gasteiger partial charge in [0.25, 0.3) is 0 Å². The summed E-state index contributed by atoms with van der Waals surface area (Å²) in [7, 11) is 0. The van der Waals surface area contributed by atoms with Crippen molar-refractivity contribution in [3.8, 4) is 0 Å². The molecule has 0 amide bonds. The SMILES string of the molecule is CCOC1CCC(N2CCC3C(N)C4CCCCC4NC32)CC1. The summed E-state index contributed by atoms with van der Waals surface area (Å²) in [6, 6.07) is 1.86. The number of nitrogens with two attached hydrogens (primary N) is 1. The molecule has 4 heteroatoms. The van der Waals surface area contributed by atoms with E-state index in [-0.39, 0.29) is 0 Å². The van der Waals surface area contributed by atoms with Gasteiger partial charge in [0.15, 0.2) is 0 Å². The average Bonchev–Trinajstić information content (AvgIpc) is 3.00. The highest BCUT2D eigenvalue weighted by molar-refractivity contribution is 5.05. The molecular weight excluding hydrogens is 286 g/mol. The molecule has 2 saturated heterocycles. The van der Waals surface area contributed by atoms with E-state index in [1.54, 1.807) is 0 Å². The lowest BCUT2D eigenvalue weighted by Crippen LogP contribution is -2.65. The summed E-state index contributed by atoms with van der Waals surface area (Å²) < 4.78 is 5.83. The second kappa shape index (κ2) is 6.99. The summed E-state index contributed by atoms with van der Waals surface area (Å²) in [5, 5.41) is 4.05. The van der Waals surface area contributed by atoms with Gasteiger partial charge in [0, 0.05) is 37.2 Å². The predicted octanol–water partition coefficient (Wildman–Crippen LogP) is 2.47. The molecule has 4 nitrogen and oxygen atoms in total. The monoisotopic (exact) mass is 321 g/mol. The van der Waals surface area contributed by atoms with Crippen LogP contribution in [-0.4, -0.2) is 48.4 Å². The molecule has 5 unspecified atom stereocenters. The first-order chi connectivity index (χ1) is 11.3. The van der Waals surface area contributed by atoms with Crippen molar-refractivity contribution in [1.82, 2.24) is 10.2 Å². The second-order valence-electron chi connectivity index (χ2n) is 8.32. The minimum atomic E-state index is 0.427. The van der Waals surface area contributed by atoms with Gasteiger partial charge in [-0.1, -0.05) is 12.8 Å². The van der Waals surface area contributed by atoms with E-state index in [0.717, 1.165) is 18.6 Å². The Morgan fingerprint density at radius 3 is 2.57 bits per heavy atom. The van der Waals surface area contributed by atoms with Crippen LogP contribution in [-0.2, 0) is 4.74 Å². The Morgan fingerprint density at radius 2 is 1.78 bits per heavy atom. The lowest BCUT2D eigenvalue weighted by atomic mass is 9.71. The van der Waals surface area contributed by atoms with Crippen LogP contribution in [0.4, 0.5) is 0 Å². The zero-order valence-electron chi connectivity index (χ0n) is 14.8. The van der Waals surface area contributed by atoms with Crippen molar-refractivity contribution in [2.45, 2.75) is 95.1 Å². The van der Waals surface area contributed by atoms with Crippen LogP contribution in [0.1, 0.15) is 64.7 Å². The van der Waals surface area contributed by atoms with Crippen LogP contribution in [0.5, 0.6) is 0 Å². The van der Waals surface area contributed by atoms with Gasteiger partial charge in [-0.25, -0.2) is 0 Å². The Bertz CT molecular complexity index is 396. The molecule has 0 aromatic heterocycles. The molecular formula is C19H35N3O. The van der Waals surface area contributed by atoms with Crippen molar-refractivity contribution >= 4 is 0 Å². The van der Waals surface area contributed by atoms with Gasteiger partial charge in [-0.3, -0.25) is 10.2 Å². The zero-order chi connectivity index (χ0) is 15.8. The molecule has 3 N–H and O–H groups in total. The molecule has 0 radical (unpaired) electrons. The van der Waals surface area contributed by atoms with Crippen molar-refractivity contribution in [1.29, 1.82) is 0 Å². The van der Waals surface area contributed by atoms with Gasteiger partial charge in [0.05, 0.1) is 12.3 Å². The van der Waals surface area contributed by atoms with Crippen LogP contribution >= 0.6 is 0 Å². The molecule has 4 fully saturated rings. The molecule has 2 saturated carbocycles. The maximum absolute atomic E-state index is 6.74. The molecule has 2 aliphatic carbocycles. The standard InChI is InChI=1S/C19H35N3O/c1-2-23-14-9-7-13(8-10-14)22-12-11-16-18(20)15-5-3-4-6-17(15)21-19(16)22/h13-19,21H,2-12,20H2,1H3. The molecule has 0 bridgehead atoms. The minimum absolute atomic E-state index is 0.427. The number of nitrogens with one attached hydrogen (secondary N) is 1. The fraction of sp³-hybridized carbons (Fsp3) is 1.00. The van der Waals surface area contributed by atoms with Crippen LogP contribution in [0.2, 0.25) is 0 Å². The highest BCUT2D eigenvalue weighted by atomic mass is 16.5. The lowest BCUT2D eigenvalue weighted by Gasteiger charge is -2.50. The average molecular weight is 322 g/mol. The largest absolute Gasteiger partial charge is 0.379 e. The van der Waals surface area contributed by atoms with Gasteiger partial charge in [0.1, 0.15) is 0 Å². The van der Waals surface area contributed by atoms with E-state index in [0.29, 0.717) is 30.3 Å². The molecule has 5 atom stereocenters. The van der Waals surface area contributed by atoms with E-state index < -0.39 is 0 Å². The number of hydrogen-bond donors (Lipinski definition) is 2. The summed E-state index contributed by atoms with van der Waals surface area (Å²) in [6.07, 6.45) is 12.9. The number of hydrogen-bond acceptors (Lipinski definition) is 4. The number of likely N-dealkylation sites (tertiary alicyclic amines) is 1. The molecule has 0 aromatic carbocycles. The van der Waals surface area contributed by atoms with E-state index in [1.165, 1.54) is 64.3 Å². The van der Waals surface area contributed by atoms with E-state index in [9.17, 15) is 0 Å². The highest BCUT2D eigenvalue weighted by Gasteiger charge is 2.49. The third kappa shape index (κ3) is 3.08. The summed E-state index contributed by atoms with van der Waals surface area (Å²) >= 11 is 0. The summed E-state index contributed by atoms with van der Waals surface area (Å²) in [4.78, 5) is 2.79. The van der Waals surface area contributed by atoms with Gasteiger partial charge in [-0.2, -0.15) is 0 Å². The Kier molecular flexibility index (Phi) is 4.96. The Labute approximate surface area is 141 Å². The highest BCUT2D eigenvalue weighted by Crippen LogP contribution is 2.41. The van der Waals surface area contributed by atoms with Crippen molar-refractivity contribution in [3.63, 3.8) is 0 Å². The number of piperidine rings is 1. The first kappa shape index (κ1) is 16.3. The summed E-state index contributed by atoms with van der Waals surface area (Å²) in [5.74, 6) is 1.41. The Balaban J connectivity index is 1.40. The van der Waals surface area contributed by atoms with Crippen molar-refractivity contribution in [2.75, 3.05) is 13.2 Å². The third-order valence-corrected chi connectivity index (χ3v) is 7.19. The number of fused-ring (bicyclic) bond motifs is 2. The fourth-order valence-corrected chi connectivity index (χ4v) is 6.02. The van der Waals surface area contributed by atoms with Gasteiger partial charge < -0.3 is 10.5 Å². The van der Waals surface area contributed by atoms with Gasteiger partial charge in [-0.15, -0.1) is 0 Å². The summed E-state index contributed by atoms with van der Waals surface area (Å²) in [5.41, 5.74) is 6.74. The van der Waals surface area contributed by atoms with Crippen LogP contribution in [0.25, 0.3) is 0 Å². The Hall–Kier alpha value is -0.160. The van der Waals surface area contributed by atoms with E-state index in [4.69, 9.17) is 10.5 Å². The van der Waals surface area contributed by atoms with E-state index in [2.05, 4.69) is 17.1 Å². The predicted molar refractivity (Wildman–Crippen MR) is 93.1 cm³/mol. The fourth-order valence-electron chi connectivity index (χ4n) is 6.02. The van der Waals surface area contributed by atoms with Crippen LogP contribution < -0.4 is 11.1 Å². The Morgan fingerprint density at radius 1 is 1.00 bits per heavy atom.